The summed E-state index contributed by atoms with van der Waals surface area (Å²) in [5.74, 6) is -0.480. The second-order valence-electron chi connectivity index (χ2n) is 5.64. The van der Waals surface area contributed by atoms with E-state index in [0.717, 1.165) is 25.9 Å². The summed E-state index contributed by atoms with van der Waals surface area (Å²) in [6.07, 6.45) is 2.78. The molecule has 5 heteroatoms. The van der Waals surface area contributed by atoms with E-state index in [1.807, 2.05) is 0 Å². The van der Waals surface area contributed by atoms with Crippen LogP contribution in [0.5, 0.6) is 0 Å². The van der Waals surface area contributed by atoms with E-state index >= 15 is 0 Å². The molecule has 0 aromatic heterocycles. The van der Waals surface area contributed by atoms with Crippen molar-refractivity contribution in [3.05, 3.63) is 34.6 Å². The summed E-state index contributed by atoms with van der Waals surface area (Å²) in [4.78, 5) is 12.2. The Bertz CT molecular complexity index is 496. The molecule has 3 atom stereocenters. The van der Waals surface area contributed by atoms with E-state index < -0.39 is 0 Å². The zero-order valence-corrected chi connectivity index (χ0v) is 11.9. The fraction of sp³-hybridized carbons (Fsp3) is 0.533. The summed E-state index contributed by atoms with van der Waals surface area (Å²) in [5, 5.41) is 6.74. The number of halogens is 2. The third kappa shape index (κ3) is 2.81. The number of hydrogen-bond acceptors (Lipinski definition) is 2. The maximum atomic E-state index is 13.8. The molecule has 0 radical (unpaired) electrons. The van der Waals surface area contributed by atoms with Gasteiger partial charge in [-0.25, -0.2) is 4.39 Å². The fourth-order valence-electron chi connectivity index (χ4n) is 2.95. The topological polar surface area (TPSA) is 41.1 Å². The average Bonchev–Trinajstić information content (AvgIpc) is 3.20. The minimum Gasteiger partial charge on any atom is -0.352 e. The maximum Gasteiger partial charge on any atom is 0.224 e. The van der Waals surface area contributed by atoms with Gasteiger partial charge in [0.15, 0.2) is 0 Å². The molecule has 0 bridgehead atoms. The van der Waals surface area contributed by atoms with E-state index in [4.69, 9.17) is 11.6 Å². The van der Waals surface area contributed by atoms with Gasteiger partial charge in [-0.05, 0) is 37.9 Å². The Labute approximate surface area is 122 Å². The Morgan fingerprint density at radius 3 is 3.00 bits per heavy atom. The summed E-state index contributed by atoms with van der Waals surface area (Å²) in [6.45, 7) is 1.84. The highest BCUT2D eigenvalue weighted by atomic mass is 35.5. The van der Waals surface area contributed by atoms with Crippen molar-refractivity contribution in [2.24, 2.45) is 5.92 Å². The lowest BCUT2D eigenvalue weighted by molar-refractivity contribution is -0.123. The first kappa shape index (κ1) is 13.8. The normalized spacial score (nSPS) is 29.0. The molecule has 1 aromatic carbocycles. The fourth-order valence-corrected chi connectivity index (χ4v) is 3.26. The van der Waals surface area contributed by atoms with Gasteiger partial charge in [0.1, 0.15) is 5.82 Å². The summed E-state index contributed by atoms with van der Waals surface area (Å²) >= 11 is 6.04. The number of amides is 1. The van der Waals surface area contributed by atoms with Crippen LogP contribution in [0.3, 0.4) is 0 Å². The smallest absolute Gasteiger partial charge is 0.224 e. The zero-order valence-electron chi connectivity index (χ0n) is 11.2. The van der Waals surface area contributed by atoms with Gasteiger partial charge in [-0.3, -0.25) is 4.79 Å². The first-order valence-electron chi connectivity index (χ1n) is 7.12. The van der Waals surface area contributed by atoms with Crippen molar-refractivity contribution in [2.75, 3.05) is 13.1 Å². The van der Waals surface area contributed by atoms with Gasteiger partial charge in [0.05, 0.1) is 0 Å². The number of carbonyl (C=O) groups is 1. The molecule has 1 saturated carbocycles. The molecular weight excluding hydrogens is 279 g/mol. The first-order chi connectivity index (χ1) is 9.66. The molecule has 1 heterocycles. The molecule has 0 spiro atoms. The molecule has 3 nitrogen and oxygen atoms in total. The maximum absolute atomic E-state index is 13.8. The lowest BCUT2D eigenvalue weighted by Gasteiger charge is -2.23. The van der Waals surface area contributed by atoms with Crippen molar-refractivity contribution in [2.45, 2.75) is 31.2 Å². The van der Waals surface area contributed by atoms with Crippen molar-refractivity contribution >= 4 is 17.5 Å². The summed E-state index contributed by atoms with van der Waals surface area (Å²) in [5.41, 5.74) is 0.496. The van der Waals surface area contributed by atoms with Gasteiger partial charge in [-0.15, -0.1) is 0 Å². The number of rotatable bonds is 3. The minimum absolute atomic E-state index is 0.0306. The van der Waals surface area contributed by atoms with Gasteiger partial charge in [0.2, 0.25) is 5.91 Å². The van der Waals surface area contributed by atoms with Crippen LogP contribution in [0.2, 0.25) is 5.02 Å². The Morgan fingerprint density at radius 1 is 1.45 bits per heavy atom. The van der Waals surface area contributed by atoms with Gasteiger partial charge in [-0.1, -0.05) is 17.7 Å². The highest BCUT2D eigenvalue weighted by molar-refractivity contribution is 6.31. The Morgan fingerprint density at radius 2 is 2.30 bits per heavy atom. The quantitative estimate of drug-likeness (QED) is 0.899. The van der Waals surface area contributed by atoms with Crippen LogP contribution >= 0.6 is 11.6 Å². The molecule has 2 unspecified atom stereocenters. The predicted molar refractivity (Wildman–Crippen MR) is 76.3 cm³/mol. The van der Waals surface area contributed by atoms with Crippen molar-refractivity contribution in [3.8, 4) is 0 Å². The van der Waals surface area contributed by atoms with E-state index in [-0.39, 0.29) is 29.6 Å². The molecule has 1 aliphatic heterocycles. The Hall–Kier alpha value is -1.13. The van der Waals surface area contributed by atoms with E-state index in [1.165, 1.54) is 6.07 Å². The molecule has 20 heavy (non-hydrogen) atoms. The SMILES string of the molecule is O=C(N[C@H]1CCCNC1)C1CC1c1c(F)cccc1Cl. The van der Waals surface area contributed by atoms with Crippen molar-refractivity contribution in [1.29, 1.82) is 0 Å². The van der Waals surface area contributed by atoms with Crippen LogP contribution in [0.15, 0.2) is 18.2 Å². The van der Waals surface area contributed by atoms with E-state index in [1.54, 1.807) is 12.1 Å². The molecule has 1 aliphatic carbocycles. The third-order valence-electron chi connectivity index (χ3n) is 4.14. The molecule has 3 rings (SSSR count). The first-order valence-corrected chi connectivity index (χ1v) is 7.49. The van der Waals surface area contributed by atoms with Crippen molar-refractivity contribution in [1.82, 2.24) is 10.6 Å². The second-order valence-corrected chi connectivity index (χ2v) is 6.04. The van der Waals surface area contributed by atoms with Crippen LogP contribution in [0, 0.1) is 11.7 Å². The Balaban J connectivity index is 1.62. The molecule has 108 valence electrons. The van der Waals surface area contributed by atoms with Crippen LogP contribution in [-0.4, -0.2) is 25.0 Å². The largest absolute Gasteiger partial charge is 0.352 e. The van der Waals surface area contributed by atoms with E-state index in [9.17, 15) is 9.18 Å². The van der Waals surface area contributed by atoms with Gasteiger partial charge >= 0.3 is 0 Å². The molecule has 2 fully saturated rings. The van der Waals surface area contributed by atoms with Crippen LogP contribution in [0.1, 0.15) is 30.7 Å². The van der Waals surface area contributed by atoms with Crippen molar-refractivity contribution < 1.29 is 9.18 Å². The second kappa shape index (κ2) is 5.70. The summed E-state index contributed by atoms with van der Waals surface area (Å²) < 4.78 is 13.8. The van der Waals surface area contributed by atoms with Gasteiger partial charge in [-0.2, -0.15) is 0 Å². The predicted octanol–water partition coefficient (Wildman–Crippen LogP) is 2.45. The van der Waals surface area contributed by atoms with Gasteiger partial charge in [0.25, 0.3) is 0 Å². The average molecular weight is 297 g/mol. The lowest BCUT2D eigenvalue weighted by Crippen LogP contribution is -2.46. The van der Waals surface area contributed by atoms with Gasteiger partial charge < -0.3 is 10.6 Å². The van der Waals surface area contributed by atoms with E-state index in [0.29, 0.717) is 17.0 Å². The minimum atomic E-state index is -0.308. The lowest BCUT2D eigenvalue weighted by atomic mass is 10.1. The van der Waals surface area contributed by atoms with E-state index in [2.05, 4.69) is 10.6 Å². The number of nitrogens with one attached hydrogen (secondary N) is 2. The van der Waals surface area contributed by atoms with Crippen molar-refractivity contribution in [3.63, 3.8) is 0 Å². The molecule has 1 saturated heterocycles. The Kier molecular flexibility index (Phi) is 3.94. The molecular formula is C15H18ClFN2O. The van der Waals surface area contributed by atoms with Crippen LogP contribution in [0.25, 0.3) is 0 Å². The number of carbonyl (C=O) groups excluding carboxylic acids is 1. The summed E-state index contributed by atoms with van der Waals surface area (Å²) in [7, 11) is 0. The number of hydrogen-bond donors (Lipinski definition) is 2. The highest BCUT2D eigenvalue weighted by Gasteiger charge is 2.46. The van der Waals surface area contributed by atoms with Crippen LogP contribution in [0.4, 0.5) is 4.39 Å². The molecule has 1 aromatic rings. The monoisotopic (exact) mass is 296 g/mol. The number of benzene rings is 1. The third-order valence-corrected chi connectivity index (χ3v) is 4.47. The van der Waals surface area contributed by atoms with Gasteiger partial charge in [0, 0.05) is 35.0 Å². The summed E-state index contributed by atoms with van der Waals surface area (Å²) in [6, 6.07) is 4.87. The number of piperidine rings is 1. The van der Waals surface area contributed by atoms with Crippen LogP contribution < -0.4 is 10.6 Å². The molecule has 1 amide bonds. The molecule has 2 aliphatic rings. The zero-order chi connectivity index (χ0) is 14.1. The van der Waals surface area contributed by atoms with Crippen LogP contribution in [-0.2, 0) is 4.79 Å². The molecule has 2 N–H and O–H groups in total. The highest BCUT2D eigenvalue weighted by Crippen LogP contribution is 2.50. The standard InChI is InChI=1S/C15H18ClFN2O/c16-12-4-1-5-13(17)14(12)10-7-11(10)15(20)19-9-3-2-6-18-8-9/h1,4-5,9-11,18H,2-3,6-8H2,(H,19,20)/t9-,10?,11?/m0/s1.